The molecule has 0 bridgehead atoms. The van der Waals surface area contributed by atoms with Crippen LogP contribution in [0.1, 0.15) is 49.0 Å². The Hall–Kier alpha value is -0.970. The molecular formula is C11H16N2O2S. The van der Waals surface area contributed by atoms with Gasteiger partial charge < -0.3 is 5.11 Å². The molecule has 0 spiro atoms. The number of aryl methyl sites for hydroxylation is 1. The first-order chi connectivity index (χ1) is 7.60. The smallest absolute Gasteiger partial charge is 0.303 e. The fraction of sp³-hybridized carbons (Fsp3) is 0.727. The lowest BCUT2D eigenvalue weighted by molar-refractivity contribution is -0.136. The molecule has 0 amide bonds. The number of carboxylic acid groups (broad SMARTS) is 1. The summed E-state index contributed by atoms with van der Waals surface area (Å²) < 4.78 is 0. The lowest BCUT2D eigenvalue weighted by Gasteiger charge is -2.18. The van der Waals surface area contributed by atoms with E-state index < -0.39 is 5.97 Å². The molecule has 1 N–H and O–H groups in total. The van der Waals surface area contributed by atoms with Gasteiger partial charge in [-0.15, -0.1) is 21.5 Å². The zero-order valence-electron chi connectivity index (χ0n) is 9.40. The Morgan fingerprint density at radius 3 is 2.75 bits per heavy atom. The van der Waals surface area contributed by atoms with Crippen LogP contribution < -0.4 is 0 Å². The standard InChI is InChI=1S/C11H16N2O2S/c1-11(6-2-3-7-11)10-13-12-8(16-10)4-5-9(14)15/h2-7H2,1H3,(H,14,15). The molecule has 4 nitrogen and oxygen atoms in total. The van der Waals surface area contributed by atoms with Crippen LogP contribution in [0.3, 0.4) is 0 Å². The molecule has 2 rings (SSSR count). The van der Waals surface area contributed by atoms with E-state index in [4.69, 9.17) is 5.11 Å². The monoisotopic (exact) mass is 240 g/mol. The molecule has 5 heteroatoms. The van der Waals surface area contributed by atoms with E-state index in [1.54, 1.807) is 11.3 Å². The molecule has 1 aliphatic carbocycles. The van der Waals surface area contributed by atoms with Gasteiger partial charge in [0.1, 0.15) is 10.0 Å². The number of carboxylic acids is 1. The van der Waals surface area contributed by atoms with E-state index in [1.807, 2.05) is 0 Å². The van der Waals surface area contributed by atoms with Gasteiger partial charge in [-0.1, -0.05) is 19.8 Å². The molecule has 0 aliphatic heterocycles. The van der Waals surface area contributed by atoms with Crippen LogP contribution in [-0.2, 0) is 16.6 Å². The molecule has 0 aromatic carbocycles. The fourth-order valence-electron chi connectivity index (χ4n) is 2.18. The van der Waals surface area contributed by atoms with Gasteiger partial charge in [0.25, 0.3) is 0 Å². The molecule has 0 saturated heterocycles. The molecule has 88 valence electrons. The minimum atomic E-state index is -0.774. The first-order valence-electron chi connectivity index (χ1n) is 5.65. The Kier molecular flexibility index (Phi) is 3.23. The second-order valence-electron chi connectivity index (χ2n) is 4.66. The number of carbonyl (C=O) groups is 1. The SMILES string of the molecule is CC1(c2nnc(CCC(=O)O)s2)CCCC1. The number of hydrogen-bond acceptors (Lipinski definition) is 4. The van der Waals surface area contributed by atoms with Gasteiger partial charge in [0.15, 0.2) is 0 Å². The van der Waals surface area contributed by atoms with E-state index >= 15 is 0 Å². The van der Waals surface area contributed by atoms with Crippen LogP contribution >= 0.6 is 11.3 Å². The zero-order chi connectivity index (χ0) is 11.6. The third-order valence-electron chi connectivity index (χ3n) is 3.24. The van der Waals surface area contributed by atoms with Crippen LogP contribution in [0.2, 0.25) is 0 Å². The van der Waals surface area contributed by atoms with E-state index in [2.05, 4.69) is 17.1 Å². The van der Waals surface area contributed by atoms with Gasteiger partial charge in [0.05, 0.1) is 6.42 Å². The maximum atomic E-state index is 10.5. The molecule has 1 aliphatic rings. The highest BCUT2D eigenvalue weighted by molar-refractivity contribution is 7.11. The summed E-state index contributed by atoms with van der Waals surface area (Å²) in [6.07, 6.45) is 5.54. The highest BCUT2D eigenvalue weighted by atomic mass is 32.1. The van der Waals surface area contributed by atoms with Crippen molar-refractivity contribution in [3.8, 4) is 0 Å². The van der Waals surface area contributed by atoms with Crippen molar-refractivity contribution >= 4 is 17.3 Å². The predicted molar refractivity (Wildman–Crippen MR) is 61.7 cm³/mol. The Morgan fingerprint density at radius 1 is 1.44 bits per heavy atom. The summed E-state index contributed by atoms with van der Waals surface area (Å²) in [5.74, 6) is -0.774. The normalized spacial score (nSPS) is 18.8. The maximum Gasteiger partial charge on any atom is 0.303 e. The molecular weight excluding hydrogens is 224 g/mol. The number of aromatic nitrogens is 2. The highest BCUT2D eigenvalue weighted by Gasteiger charge is 2.33. The van der Waals surface area contributed by atoms with Crippen molar-refractivity contribution in [2.24, 2.45) is 0 Å². The zero-order valence-corrected chi connectivity index (χ0v) is 10.2. The number of nitrogens with zero attached hydrogens (tertiary/aromatic N) is 2. The molecule has 0 atom stereocenters. The van der Waals surface area contributed by atoms with Gasteiger partial charge in [0.2, 0.25) is 0 Å². The minimum Gasteiger partial charge on any atom is -0.481 e. The second-order valence-corrected chi connectivity index (χ2v) is 5.72. The lowest BCUT2D eigenvalue weighted by Crippen LogP contribution is -2.16. The van der Waals surface area contributed by atoms with E-state index in [1.165, 1.54) is 25.7 Å². The van der Waals surface area contributed by atoms with E-state index in [0.717, 1.165) is 10.0 Å². The van der Waals surface area contributed by atoms with Gasteiger partial charge in [-0.05, 0) is 12.8 Å². The Bertz CT molecular complexity index is 383. The van der Waals surface area contributed by atoms with E-state index in [0.29, 0.717) is 6.42 Å². The summed E-state index contributed by atoms with van der Waals surface area (Å²) in [4.78, 5) is 10.5. The Labute approximate surface area is 98.7 Å². The van der Waals surface area contributed by atoms with Crippen LogP contribution in [0.5, 0.6) is 0 Å². The molecule has 1 aromatic heterocycles. The Morgan fingerprint density at radius 2 is 2.12 bits per heavy atom. The summed E-state index contributed by atoms with van der Waals surface area (Å²) >= 11 is 1.59. The molecule has 16 heavy (non-hydrogen) atoms. The van der Waals surface area contributed by atoms with Crippen molar-refractivity contribution < 1.29 is 9.90 Å². The van der Waals surface area contributed by atoms with Crippen LogP contribution in [0, 0.1) is 0 Å². The molecule has 1 saturated carbocycles. The molecule has 1 heterocycles. The fourth-order valence-corrected chi connectivity index (χ4v) is 3.22. The number of rotatable bonds is 4. The molecule has 0 unspecified atom stereocenters. The third-order valence-corrected chi connectivity index (χ3v) is 4.53. The third kappa shape index (κ3) is 2.40. The van der Waals surface area contributed by atoms with Crippen molar-refractivity contribution in [3.63, 3.8) is 0 Å². The van der Waals surface area contributed by atoms with Gasteiger partial charge in [-0.3, -0.25) is 4.79 Å². The molecule has 1 aromatic rings. The molecule has 0 radical (unpaired) electrons. The highest BCUT2D eigenvalue weighted by Crippen LogP contribution is 2.41. The topological polar surface area (TPSA) is 63.1 Å². The van der Waals surface area contributed by atoms with E-state index in [-0.39, 0.29) is 11.8 Å². The summed E-state index contributed by atoms with van der Waals surface area (Å²) in [5, 5.41) is 18.8. The first kappa shape index (κ1) is 11.5. The first-order valence-corrected chi connectivity index (χ1v) is 6.46. The second kappa shape index (κ2) is 4.49. The summed E-state index contributed by atoms with van der Waals surface area (Å²) in [5.41, 5.74) is 0.194. The van der Waals surface area contributed by atoms with Gasteiger partial charge >= 0.3 is 5.97 Å². The number of aliphatic carboxylic acids is 1. The van der Waals surface area contributed by atoms with Crippen molar-refractivity contribution in [1.29, 1.82) is 0 Å². The molecule has 1 fully saturated rings. The van der Waals surface area contributed by atoms with Crippen LogP contribution in [-0.4, -0.2) is 21.3 Å². The minimum absolute atomic E-state index is 0.144. The van der Waals surface area contributed by atoms with Gasteiger partial charge in [-0.25, -0.2) is 0 Å². The van der Waals surface area contributed by atoms with Crippen molar-refractivity contribution in [2.45, 2.75) is 50.9 Å². The van der Waals surface area contributed by atoms with Crippen molar-refractivity contribution in [3.05, 3.63) is 10.0 Å². The summed E-state index contributed by atoms with van der Waals surface area (Å²) in [6, 6.07) is 0. The van der Waals surface area contributed by atoms with Crippen molar-refractivity contribution in [2.75, 3.05) is 0 Å². The van der Waals surface area contributed by atoms with Crippen LogP contribution in [0.4, 0.5) is 0 Å². The summed E-state index contributed by atoms with van der Waals surface area (Å²) in [7, 11) is 0. The average molecular weight is 240 g/mol. The quantitative estimate of drug-likeness (QED) is 0.877. The predicted octanol–water partition coefficient (Wildman–Crippen LogP) is 2.39. The van der Waals surface area contributed by atoms with Gasteiger partial charge in [0, 0.05) is 11.8 Å². The van der Waals surface area contributed by atoms with Crippen LogP contribution in [0.15, 0.2) is 0 Å². The van der Waals surface area contributed by atoms with Gasteiger partial charge in [-0.2, -0.15) is 0 Å². The largest absolute Gasteiger partial charge is 0.481 e. The summed E-state index contributed by atoms with van der Waals surface area (Å²) in [6.45, 7) is 2.24. The lowest BCUT2D eigenvalue weighted by atomic mass is 9.90. The Balaban J connectivity index is 2.04. The number of hydrogen-bond donors (Lipinski definition) is 1. The van der Waals surface area contributed by atoms with Crippen LogP contribution in [0.25, 0.3) is 0 Å². The van der Waals surface area contributed by atoms with Crippen molar-refractivity contribution in [1.82, 2.24) is 10.2 Å². The average Bonchev–Trinajstić information content (AvgIpc) is 2.84. The maximum absolute atomic E-state index is 10.5. The van der Waals surface area contributed by atoms with E-state index in [9.17, 15) is 4.79 Å².